The predicted molar refractivity (Wildman–Crippen MR) is 90.3 cm³/mol. The molecule has 110 valence electrons. The molecule has 1 fully saturated rings. The van der Waals surface area contributed by atoms with E-state index in [0.29, 0.717) is 0 Å². The maximum Gasteiger partial charge on any atom is 0.123 e. The zero-order valence-electron chi connectivity index (χ0n) is 12.4. The van der Waals surface area contributed by atoms with Gasteiger partial charge in [0, 0.05) is 29.7 Å². The van der Waals surface area contributed by atoms with Crippen LogP contribution < -0.4 is 10.6 Å². The van der Waals surface area contributed by atoms with Gasteiger partial charge in [0.05, 0.1) is 0 Å². The molecule has 0 unspecified atom stereocenters. The van der Waals surface area contributed by atoms with E-state index >= 15 is 0 Å². The van der Waals surface area contributed by atoms with Crippen molar-refractivity contribution in [3.8, 4) is 0 Å². The summed E-state index contributed by atoms with van der Waals surface area (Å²) in [5.74, 6) is 0.144. The lowest BCUT2D eigenvalue weighted by Crippen LogP contribution is -2.27. The van der Waals surface area contributed by atoms with Crippen molar-refractivity contribution in [2.24, 2.45) is 5.73 Å². The summed E-state index contributed by atoms with van der Waals surface area (Å²) in [5, 5.41) is 10.1. The molecule has 2 aromatic carbocycles. The molecular weight excluding hydrogens is 258 g/mol. The van der Waals surface area contributed by atoms with Gasteiger partial charge in [-0.2, -0.15) is 0 Å². The van der Waals surface area contributed by atoms with Gasteiger partial charge in [0.25, 0.3) is 0 Å². The van der Waals surface area contributed by atoms with E-state index in [1.54, 1.807) is 0 Å². The molecule has 3 rings (SSSR count). The molecule has 1 saturated heterocycles. The maximum atomic E-state index is 7.76. The van der Waals surface area contributed by atoms with Gasteiger partial charge in [0.15, 0.2) is 0 Å². The van der Waals surface area contributed by atoms with Crippen molar-refractivity contribution >= 4 is 22.3 Å². The molecule has 2 aromatic rings. The van der Waals surface area contributed by atoms with Crippen LogP contribution >= 0.6 is 0 Å². The van der Waals surface area contributed by atoms with Crippen LogP contribution in [-0.2, 0) is 0 Å². The summed E-state index contributed by atoms with van der Waals surface area (Å²) in [5.41, 5.74) is 7.85. The number of anilines is 1. The van der Waals surface area contributed by atoms with Gasteiger partial charge in [0.1, 0.15) is 5.84 Å². The third kappa shape index (κ3) is 2.87. The summed E-state index contributed by atoms with van der Waals surface area (Å²) >= 11 is 0. The van der Waals surface area contributed by atoms with E-state index in [2.05, 4.69) is 29.2 Å². The lowest BCUT2D eigenvalue weighted by molar-refractivity contribution is 0.557. The fourth-order valence-corrected chi connectivity index (χ4v) is 3.28. The molecule has 0 aromatic heterocycles. The maximum absolute atomic E-state index is 7.76. The smallest absolute Gasteiger partial charge is 0.123 e. The number of fused-ring (bicyclic) bond motifs is 1. The number of rotatable bonds is 2. The summed E-state index contributed by atoms with van der Waals surface area (Å²) in [7, 11) is 0. The number of nitrogens with two attached hydrogens (primary N) is 1. The summed E-state index contributed by atoms with van der Waals surface area (Å²) in [6, 6.07) is 12.4. The van der Waals surface area contributed by atoms with Crippen molar-refractivity contribution in [1.82, 2.24) is 0 Å². The molecule has 3 N–H and O–H groups in total. The summed E-state index contributed by atoms with van der Waals surface area (Å²) in [6.45, 7) is 2.26. The van der Waals surface area contributed by atoms with Gasteiger partial charge in [-0.25, -0.2) is 0 Å². The van der Waals surface area contributed by atoms with Gasteiger partial charge < -0.3 is 10.6 Å². The zero-order valence-corrected chi connectivity index (χ0v) is 12.4. The largest absolute Gasteiger partial charge is 0.384 e. The monoisotopic (exact) mass is 281 g/mol. The Morgan fingerprint density at radius 2 is 1.48 bits per heavy atom. The molecular formula is C18H23N3. The minimum Gasteiger partial charge on any atom is -0.384 e. The highest BCUT2D eigenvalue weighted by molar-refractivity contribution is 6.10. The quantitative estimate of drug-likeness (QED) is 0.648. The third-order valence-corrected chi connectivity index (χ3v) is 4.39. The molecule has 0 bridgehead atoms. The van der Waals surface area contributed by atoms with Crippen molar-refractivity contribution in [3.05, 3.63) is 42.0 Å². The normalized spacial score (nSPS) is 16.5. The average molecular weight is 281 g/mol. The van der Waals surface area contributed by atoms with Gasteiger partial charge in [-0.15, -0.1) is 0 Å². The molecule has 0 atom stereocenters. The van der Waals surface area contributed by atoms with Crippen LogP contribution in [0.15, 0.2) is 36.4 Å². The van der Waals surface area contributed by atoms with Crippen LogP contribution in [0.3, 0.4) is 0 Å². The number of hydrogen-bond acceptors (Lipinski definition) is 2. The second-order valence-electron chi connectivity index (χ2n) is 5.85. The molecule has 1 aliphatic rings. The molecule has 0 spiro atoms. The predicted octanol–water partition coefficient (Wildman–Crippen LogP) is 3.89. The standard InChI is InChI=1S/C18H23N3/c19-18(20)16-10-11-17(15-9-5-4-8-14(15)16)21-12-6-2-1-3-7-13-21/h4-5,8-11H,1-3,6-7,12-13H2,(H3,19,20). The van der Waals surface area contributed by atoms with E-state index in [9.17, 15) is 0 Å². The summed E-state index contributed by atoms with van der Waals surface area (Å²) < 4.78 is 0. The van der Waals surface area contributed by atoms with Gasteiger partial charge in [-0.05, 0) is 30.4 Å². The molecule has 0 radical (unpaired) electrons. The number of amidine groups is 1. The fourth-order valence-electron chi connectivity index (χ4n) is 3.28. The average Bonchev–Trinajstić information content (AvgIpc) is 2.46. The van der Waals surface area contributed by atoms with Gasteiger partial charge in [-0.1, -0.05) is 43.5 Å². The van der Waals surface area contributed by atoms with Crippen LogP contribution in [0.25, 0.3) is 10.8 Å². The van der Waals surface area contributed by atoms with Crippen molar-refractivity contribution < 1.29 is 0 Å². The highest BCUT2D eigenvalue weighted by Gasteiger charge is 2.14. The molecule has 0 saturated carbocycles. The number of nitrogens with one attached hydrogen (secondary N) is 1. The molecule has 0 aliphatic carbocycles. The molecule has 3 heteroatoms. The van der Waals surface area contributed by atoms with Crippen LogP contribution in [0.4, 0.5) is 5.69 Å². The summed E-state index contributed by atoms with van der Waals surface area (Å²) in [6.07, 6.45) is 6.57. The van der Waals surface area contributed by atoms with E-state index in [1.807, 2.05) is 12.1 Å². The Labute approximate surface area is 126 Å². The van der Waals surface area contributed by atoms with Crippen LogP contribution in [0.5, 0.6) is 0 Å². The van der Waals surface area contributed by atoms with E-state index in [1.165, 1.54) is 43.2 Å². The molecule has 3 nitrogen and oxygen atoms in total. The van der Waals surface area contributed by atoms with Crippen molar-refractivity contribution in [2.45, 2.75) is 32.1 Å². The van der Waals surface area contributed by atoms with E-state index in [4.69, 9.17) is 11.1 Å². The second kappa shape index (κ2) is 6.17. The second-order valence-corrected chi connectivity index (χ2v) is 5.85. The van der Waals surface area contributed by atoms with Crippen LogP contribution in [0, 0.1) is 5.41 Å². The van der Waals surface area contributed by atoms with Gasteiger partial charge >= 0.3 is 0 Å². The number of nitrogen functional groups attached to an aromatic ring is 1. The SMILES string of the molecule is N=C(N)c1ccc(N2CCCCCCC2)c2ccccc12. The number of hydrogen-bond donors (Lipinski definition) is 2. The first-order valence-corrected chi connectivity index (χ1v) is 7.88. The first-order chi connectivity index (χ1) is 10.3. The topological polar surface area (TPSA) is 53.1 Å². The Morgan fingerprint density at radius 3 is 2.14 bits per heavy atom. The Balaban J connectivity index is 2.06. The highest BCUT2D eigenvalue weighted by Crippen LogP contribution is 2.30. The van der Waals surface area contributed by atoms with Crippen molar-refractivity contribution in [3.63, 3.8) is 0 Å². The van der Waals surface area contributed by atoms with Crippen LogP contribution in [0.1, 0.15) is 37.7 Å². The first-order valence-electron chi connectivity index (χ1n) is 7.88. The van der Waals surface area contributed by atoms with Crippen LogP contribution in [-0.4, -0.2) is 18.9 Å². The van der Waals surface area contributed by atoms with Gasteiger partial charge in [0.2, 0.25) is 0 Å². The third-order valence-electron chi connectivity index (χ3n) is 4.39. The lowest BCUT2D eigenvalue weighted by atomic mass is 10.0. The number of benzene rings is 2. The van der Waals surface area contributed by atoms with Crippen molar-refractivity contribution in [2.75, 3.05) is 18.0 Å². The summed E-state index contributed by atoms with van der Waals surface area (Å²) in [4.78, 5) is 2.51. The molecule has 0 amide bonds. The minimum atomic E-state index is 0.144. The van der Waals surface area contributed by atoms with Crippen LogP contribution in [0.2, 0.25) is 0 Å². The first kappa shape index (κ1) is 13.9. The van der Waals surface area contributed by atoms with E-state index < -0.39 is 0 Å². The molecule has 21 heavy (non-hydrogen) atoms. The Morgan fingerprint density at radius 1 is 0.857 bits per heavy atom. The van der Waals surface area contributed by atoms with Crippen molar-refractivity contribution in [1.29, 1.82) is 5.41 Å². The van der Waals surface area contributed by atoms with Gasteiger partial charge in [-0.3, -0.25) is 5.41 Å². The molecule has 1 aliphatic heterocycles. The Hall–Kier alpha value is -2.03. The van der Waals surface area contributed by atoms with E-state index in [0.717, 1.165) is 24.0 Å². The minimum absolute atomic E-state index is 0.144. The zero-order chi connectivity index (χ0) is 14.7. The number of nitrogens with zero attached hydrogens (tertiary/aromatic N) is 1. The fraction of sp³-hybridized carbons (Fsp3) is 0.389. The molecule has 1 heterocycles. The Bertz CT molecular complexity index is 640. The highest BCUT2D eigenvalue weighted by atomic mass is 15.1. The van der Waals surface area contributed by atoms with E-state index in [-0.39, 0.29) is 5.84 Å². The lowest BCUT2D eigenvalue weighted by Gasteiger charge is -2.28. The Kier molecular flexibility index (Phi) is 4.09.